The molecule has 2 aromatic heterocycles. The molecule has 4 nitrogen and oxygen atoms in total. The van der Waals surface area contributed by atoms with Crippen molar-refractivity contribution in [2.75, 3.05) is 18.0 Å². The molecule has 0 fully saturated rings. The lowest BCUT2D eigenvalue weighted by Gasteiger charge is -2.23. The van der Waals surface area contributed by atoms with Gasteiger partial charge in [0.2, 0.25) is 0 Å². The lowest BCUT2D eigenvalue weighted by atomic mass is 10.2. The zero-order valence-electron chi connectivity index (χ0n) is 11.1. The molecule has 0 amide bonds. The van der Waals surface area contributed by atoms with Crippen molar-refractivity contribution in [3.8, 4) is 0 Å². The number of nitrogens with two attached hydrogens (primary N) is 1. The van der Waals surface area contributed by atoms with E-state index < -0.39 is 0 Å². The maximum Gasteiger partial charge on any atom is 0.150 e. The normalized spacial score (nSPS) is 10.8. The Kier molecular flexibility index (Phi) is 3.90. The zero-order valence-corrected chi connectivity index (χ0v) is 11.9. The summed E-state index contributed by atoms with van der Waals surface area (Å²) in [5.74, 6) is 0.972. The van der Waals surface area contributed by atoms with Crippen LogP contribution in [0.4, 0.5) is 5.82 Å². The molecule has 1 aromatic carbocycles. The molecule has 0 bridgehead atoms. The third-order valence-corrected chi connectivity index (χ3v) is 4.04. The third-order valence-electron chi connectivity index (χ3n) is 3.14. The molecule has 0 spiro atoms. The second-order valence-corrected chi connectivity index (χ2v) is 5.44. The molecule has 3 rings (SSSR count). The van der Waals surface area contributed by atoms with E-state index in [0.717, 1.165) is 29.1 Å². The molecule has 0 aliphatic heterocycles. The Hall–Kier alpha value is -1.98. The molecule has 0 unspecified atom stereocenters. The van der Waals surface area contributed by atoms with E-state index in [-0.39, 0.29) is 0 Å². The molecule has 0 radical (unpaired) electrons. The van der Waals surface area contributed by atoms with E-state index in [2.05, 4.69) is 39.1 Å². The summed E-state index contributed by atoms with van der Waals surface area (Å²) in [7, 11) is 0. The van der Waals surface area contributed by atoms with Crippen LogP contribution in [0, 0.1) is 0 Å². The maximum atomic E-state index is 5.76. The molecule has 5 heteroatoms. The van der Waals surface area contributed by atoms with Gasteiger partial charge in [-0.25, -0.2) is 9.97 Å². The first-order chi connectivity index (χ1) is 9.88. The summed E-state index contributed by atoms with van der Waals surface area (Å²) in [5, 5.41) is 2.05. The average Bonchev–Trinajstić information content (AvgIpc) is 2.96. The Balaban J connectivity index is 1.96. The summed E-state index contributed by atoms with van der Waals surface area (Å²) in [6.45, 7) is 2.19. The van der Waals surface area contributed by atoms with Crippen LogP contribution in [0.15, 0.2) is 48.1 Å². The van der Waals surface area contributed by atoms with Gasteiger partial charge in [-0.3, -0.25) is 0 Å². The molecule has 0 atom stereocenters. The van der Waals surface area contributed by atoms with Gasteiger partial charge in [-0.2, -0.15) is 0 Å². The predicted octanol–water partition coefficient (Wildman–Crippen LogP) is 2.66. The molecule has 2 N–H and O–H groups in total. The molecule has 3 aromatic rings. The molecule has 0 saturated heterocycles. The molecule has 0 aliphatic carbocycles. The van der Waals surface area contributed by atoms with Gasteiger partial charge in [-0.1, -0.05) is 30.3 Å². The van der Waals surface area contributed by atoms with E-state index in [1.54, 1.807) is 17.7 Å². The van der Waals surface area contributed by atoms with Crippen LogP contribution in [0.3, 0.4) is 0 Å². The SMILES string of the molecule is NCCN(Cc1ccccc1)c1ncnc2ccsc12. The van der Waals surface area contributed by atoms with Crippen molar-refractivity contribution in [2.45, 2.75) is 6.54 Å². The van der Waals surface area contributed by atoms with Crippen LogP contribution in [0.25, 0.3) is 10.2 Å². The topological polar surface area (TPSA) is 55.0 Å². The van der Waals surface area contributed by atoms with E-state index in [1.807, 2.05) is 17.5 Å². The van der Waals surface area contributed by atoms with Crippen LogP contribution in [-0.4, -0.2) is 23.1 Å². The second-order valence-electron chi connectivity index (χ2n) is 4.53. The highest BCUT2D eigenvalue weighted by Crippen LogP contribution is 2.28. The Bertz CT molecular complexity index is 680. The van der Waals surface area contributed by atoms with Crippen molar-refractivity contribution < 1.29 is 0 Å². The lowest BCUT2D eigenvalue weighted by Crippen LogP contribution is -2.29. The quantitative estimate of drug-likeness (QED) is 0.782. The molecular formula is C15H16N4S. The standard InChI is InChI=1S/C15H16N4S/c16-7-8-19(10-12-4-2-1-3-5-12)15-14-13(6-9-20-14)17-11-18-15/h1-6,9,11H,7-8,10,16H2. The fourth-order valence-electron chi connectivity index (χ4n) is 2.22. The summed E-state index contributed by atoms with van der Waals surface area (Å²) in [5.41, 5.74) is 8.01. The number of rotatable bonds is 5. The van der Waals surface area contributed by atoms with E-state index in [0.29, 0.717) is 6.54 Å². The Morgan fingerprint density at radius 1 is 1.10 bits per heavy atom. The van der Waals surface area contributed by atoms with Gasteiger partial charge in [0.05, 0.1) is 10.2 Å². The first-order valence-electron chi connectivity index (χ1n) is 6.55. The van der Waals surface area contributed by atoms with Crippen LogP contribution >= 0.6 is 11.3 Å². The van der Waals surface area contributed by atoms with E-state index in [1.165, 1.54) is 5.56 Å². The van der Waals surface area contributed by atoms with Crippen molar-refractivity contribution >= 4 is 27.4 Å². The molecule has 20 heavy (non-hydrogen) atoms. The maximum absolute atomic E-state index is 5.76. The number of nitrogens with zero attached hydrogens (tertiary/aromatic N) is 3. The van der Waals surface area contributed by atoms with Gasteiger partial charge < -0.3 is 10.6 Å². The summed E-state index contributed by atoms with van der Waals surface area (Å²) >= 11 is 1.67. The first kappa shape index (κ1) is 13.0. The summed E-state index contributed by atoms with van der Waals surface area (Å²) in [4.78, 5) is 11.0. The number of aromatic nitrogens is 2. The van der Waals surface area contributed by atoms with Gasteiger partial charge >= 0.3 is 0 Å². The molecule has 0 saturated carbocycles. The van der Waals surface area contributed by atoms with Crippen molar-refractivity contribution in [1.82, 2.24) is 9.97 Å². The first-order valence-corrected chi connectivity index (χ1v) is 7.43. The Morgan fingerprint density at radius 2 is 1.95 bits per heavy atom. The van der Waals surface area contributed by atoms with Crippen molar-refractivity contribution in [2.24, 2.45) is 5.73 Å². The van der Waals surface area contributed by atoms with Crippen LogP contribution in [0.5, 0.6) is 0 Å². The van der Waals surface area contributed by atoms with Gasteiger partial charge in [-0.15, -0.1) is 11.3 Å². The minimum Gasteiger partial charge on any atom is -0.350 e. The van der Waals surface area contributed by atoms with Crippen LogP contribution in [0.1, 0.15) is 5.56 Å². The number of hydrogen-bond acceptors (Lipinski definition) is 5. The number of fused-ring (bicyclic) bond motifs is 1. The highest BCUT2D eigenvalue weighted by atomic mass is 32.1. The highest BCUT2D eigenvalue weighted by molar-refractivity contribution is 7.17. The highest BCUT2D eigenvalue weighted by Gasteiger charge is 2.13. The summed E-state index contributed by atoms with van der Waals surface area (Å²) < 4.78 is 1.12. The molecule has 102 valence electrons. The fraction of sp³-hybridized carbons (Fsp3) is 0.200. The minimum atomic E-state index is 0.601. The van der Waals surface area contributed by atoms with Crippen LogP contribution in [0.2, 0.25) is 0 Å². The van der Waals surface area contributed by atoms with E-state index in [9.17, 15) is 0 Å². The van der Waals surface area contributed by atoms with Gasteiger partial charge in [0.15, 0.2) is 0 Å². The molecular weight excluding hydrogens is 268 g/mol. The number of benzene rings is 1. The predicted molar refractivity (Wildman–Crippen MR) is 84.0 cm³/mol. The summed E-state index contributed by atoms with van der Waals surface area (Å²) in [6.07, 6.45) is 1.62. The average molecular weight is 284 g/mol. The fourth-order valence-corrected chi connectivity index (χ4v) is 3.08. The Labute approximate surface area is 121 Å². The number of hydrogen-bond donors (Lipinski definition) is 1. The molecule has 2 heterocycles. The van der Waals surface area contributed by atoms with Gasteiger partial charge in [0.25, 0.3) is 0 Å². The van der Waals surface area contributed by atoms with E-state index in [4.69, 9.17) is 5.73 Å². The van der Waals surface area contributed by atoms with Gasteiger partial charge in [-0.05, 0) is 17.0 Å². The third kappa shape index (κ3) is 2.64. The Morgan fingerprint density at radius 3 is 2.75 bits per heavy atom. The minimum absolute atomic E-state index is 0.601. The van der Waals surface area contributed by atoms with Gasteiger partial charge in [0, 0.05) is 19.6 Å². The zero-order chi connectivity index (χ0) is 13.8. The lowest BCUT2D eigenvalue weighted by molar-refractivity contribution is 0.779. The number of thiophene rings is 1. The summed E-state index contributed by atoms with van der Waals surface area (Å²) in [6, 6.07) is 12.4. The van der Waals surface area contributed by atoms with Crippen LogP contribution < -0.4 is 10.6 Å². The second kappa shape index (κ2) is 5.98. The molecule has 0 aliphatic rings. The van der Waals surface area contributed by atoms with Crippen molar-refractivity contribution in [1.29, 1.82) is 0 Å². The van der Waals surface area contributed by atoms with Crippen LogP contribution in [-0.2, 0) is 6.54 Å². The smallest absolute Gasteiger partial charge is 0.150 e. The monoisotopic (exact) mass is 284 g/mol. The van der Waals surface area contributed by atoms with Gasteiger partial charge in [0.1, 0.15) is 12.1 Å². The largest absolute Gasteiger partial charge is 0.350 e. The van der Waals surface area contributed by atoms with Crippen molar-refractivity contribution in [3.05, 3.63) is 53.7 Å². The van der Waals surface area contributed by atoms with E-state index >= 15 is 0 Å². The number of anilines is 1. The van der Waals surface area contributed by atoms with Crippen molar-refractivity contribution in [3.63, 3.8) is 0 Å².